The first-order valence-electron chi connectivity index (χ1n) is 6.62. The minimum atomic E-state index is -1.31. The maximum absolute atomic E-state index is 10.4. The van der Waals surface area contributed by atoms with E-state index in [1.54, 1.807) is 48.5 Å². The van der Waals surface area contributed by atoms with Gasteiger partial charge in [0.15, 0.2) is 22.6 Å². The van der Waals surface area contributed by atoms with Gasteiger partial charge in [0.25, 0.3) is 0 Å². The first-order valence-corrected chi connectivity index (χ1v) is 6.62. The molecule has 1 aliphatic heterocycles. The molecule has 0 amide bonds. The zero-order valence-electron chi connectivity index (χ0n) is 11.5. The Hall–Kier alpha value is -3.04. The Morgan fingerprint density at radius 1 is 1.09 bits per heavy atom. The van der Waals surface area contributed by atoms with Crippen LogP contribution in [-0.4, -0.2) is 17.0 Å². The van der Waals surface area contributed by atoms with Crippen LogP contribution in [-0.2, 0) is 0 Å². The van der Waals surface area contributed by atoms with Gasteiger partial charge >= 0.3 is 5.70 Å². The Morgan fingerprint density at radius 2 is 1.82 bits per heavy atom. The number of aliphatic hydroxyl groups is 2. The Bertz CT molecular complexity index is 765. The summed E-state index contributed by atoms with van der Waals surface area (Å²) in [5.41, 5.74) is 0.611. The van der Waals surface area contributed by atoms with Crippen LogP contribution < -0.4 is 9.47 Å². The summed E-state index contributed by atoms with van der Waals surface area (Å²) in [6, 6.07) is 13.4. The van der Waals surface area contributed by atoms with Crippen molar-refractivity contribution >= 4 is 5.76 Å². The van der Waals surface area contributed by atoms with Gasteiger partial charge in [0.05, 0.1) is 0 Å². The van der Waals surface area contributed by atoms with E-state index in [1.807, 2.05) is 0 Å². The van der Waals surface area contributed by atoms with Crippen LogP contribution in [0.5, 0.6) is 11.5 Å². The third-order valence-electron chi connectivity index (χ3n) is 3.37. The van der Waals surface area contributed by atoms with Crippen LogP contribution in [0.3, 0.4) is 0 Å². The van der Waals surface area contributed by atoms with E-state index in [2.05, 4.69) is 4.98 Å². The van der Waals surface area contributed by atoms with Crippen LogP contribution in [0.2, 0.25) is 0 Å². The summed E-state index contributed by atoms with van der Waals surface area (Å²) in [6.07, 6.45) is -1.31. The molecule has 1 atom stereocenters. The lowest BCUT2D eigenvalue weighted by Gasteiger charge is -2.06. The molecule has 0 aromatic heterocycles. The zero-order chi connectivity index (χ0) is 15.5. The van der Waals surface area contributed by atoms with E-state index in [4.69, 9.17) is 9.47 Å². The minimum Gasteiger partial charge on any atom is -0.501 e. The van der Waals surface area contributed by atoms with E-state index in [-0.39, 0.29) is 18.2 Å². The van der Waals surface area contributed by atoms with Gasteiger partial charge in [-0.05, 0) is 17.7 Å². The fourth-order valence-corrected chi connectivity index (χ4v) is 2.22. The first kappa shape index (κ1) is 13.9. The predicted molar refractivity (Wildman–Crippen MR) is 78.6 cm³/mol. The highest BCUT2D eigenvalue weighted by atomic mass is 16.7. The molecule has 0 saturated heterocycles. The van der Waals surface area contributed by atoms with Crippen molar-refractivity contribution in [3.8, 4) is 11.5 Å². The summed E-state index contributed by atoms with van der Waals surface area (Å²) in [5.74, 6) is 0.774. The van der Waals surface area contributed by atoms with E-state index >= 15 is 0 Å². The second-order valence-corrected chi connectivity index (χ2v) is 4.72. The monoisotopic (exact) mass is 297 g/mol. The standard InChI is InChI=1S/C16H12N2O4/c17-18-14(15(19)10-4-2-1-3-5-10)16(20)11-6-7-12-13(8-11)22-9-21-12/h1-8,16,20H,9H2/p+1/b15-14+. The highest BCUT2D eigenvalue weighted by Gasteiger charge is 2.32. The number of rotatable bonds is 3. The highest BCUT2D eigenvalue weighted by molar-refractivity contribution is 5.64. The smallest absolute Gasteiger partial charge is 0.435 e. The van der Waals surface area contributed by atoms with E-state index < -0.39 is 6.10 Å². The van der Waals surface area contributed by atoms with E-state index in [0.717, 1.165) is 0 Å². The average Bonchev–Trinajstić information content (AvgIpc) is 3.03. The molecule has 0 bridgehead atoms. The second kappa shape index (κ2) is 5.76. The van der Waals surface area contributed by atoms with Crippen molar-refractivity contribution in [3.63, 3.8) is 0 Å². The molecule has 6 nitrogen and oxygen atoms in total. The third kappa shape index (κ3) is 2.45. The molecule has 1 heterocycles. The molecule has 2 aromatic rings. The second-order valence-electron chi connectivity index (χ2n) is 4.72. The van der Waals surface area contributed by atoms with Crippen molar-refractivity contribution in [2.45, 2.75) is 6.10 Å². The van der Waals surface area contributed by atoms with Crippen LogP contribution in [0.1, 0.15) is 17.2 Å². The van der Waals surface area contributed by atoms with E-state index in [9.17, 15) is 15.6 Å². The van der Waals surface area contributed by atoms with Crippen LogP contribution in [0, 0.1) is 5.39 Å². The Balaban J connectivity index is 1.99. The van der Waals surface area contributed by atoms with Crippen molar-refractivity contribution in [1.82, 2.24) is 0 Å². The molecule has 0 aliphatic carbocycles. The SMILES string of the molecule is N#[N+]/C(=C(/O)c1ccccc1)C(O)c1ccc2c(c1)OCO2. The summed E-state index contributed by atoms with van der Waals surface area (Å²) in [7, 11) is 0. The lowest BCUT2D eigenvalue weighted by molar-refractivity contribution is 0.173. The average molecular weight is 297 g/mol. The summed E-state index contributed by atoms with van der Waals surface area (Å²) < 4.78 is 10.4. The normalized spacial score (nSPS) is 14.9. The zero-order valence-corrected chi connectivity index (χ0v) is 11.5. The predicted octanol–water partition coefficient (Wildman–Crippen LogP) is 3.23. The van der Waals surface area contributed by atoms with Gasteiger partial charge in [0.2, 0.25) is 17.9 Å². The Kier molecular flexibility index (Phi) is 3.64. The number of ether oxygens (including phenoxy) is 2. The topological polar surface area (TPSA) is 87.1 Å². The third-order valence-corrected chi connectivity index (χ3v) is 3.37. The highest BCUT2D eigenvalue weighted by Crippen LogP contribution is 2.37. The minimum absolute atomic E-state index is 0.122. The number of hydrogen-bond donors (Lipinski definition) is 2. The lowest BCUT2D eigenvalue weighted by atomic mass is 10.0. The number of diazo groups is 1. The lowest BCUT2D eigenvalue weighted by Crippen LogP contribution is -2.02. The molecule has 0 radical (unpaired) electrons. The first-order chi connectivity index (χ1) is 10.7. The Labute approximate surface area is 126 Å². The molecule has 1 unspecified atom stereocenters. The van der Waals surface area contributed by atoms with Crippen LogP contribution in [0.15, 0.2) is 54.2 Å². The van der Waals surface area contributed by atoms with Crippen molar-refractivity contribution in [3.05, 3.63) is 70.3 Å². The largest absolute Gasteiger partial charge is 0.501 e. The molecule has 0 spiro atoms. The summed E-state index contributed by atoms with van der Waals surface area (Å²) in [6.45, 7) is 0.122. The van der Waals surface area contributed by atoms with Crippen molar-refractivity contribution in [2.24, 2.45) is 0 Å². The van der Waals surface area contributed by atoms with Crippen LogP contribution in [0.25, 0.3) is 10.7 Å². The van der Waals surface area contributed by atoms with Gasteiger partial charge in [-0.2, -0.15) is 0 Å². The number of aliphatic hydroxyl groups excluding tert-OH is 2. The van der Waals surface area contributed by atoms with Gasteiger partial charge in [-0.3, -0.25) is 0 Å². The Morgan fingerprint density at radius 3 is 2.55 bits per heavy atom. The maximum atomic E-state index is 10.4. The van der Waals surface area contributed by atoms with Gasteiger partial charge in [-0.1, -0.05) is 36.4 Å². The molecule has 22 heavy (non-hydrogen) atoms. The molecule has 1 aliphatic rings. The number of benzene rings is 2. The molecular formula is C16H13N2O4+. The van der Waals surface area contributed by atoms with Gasteiger partial charge in [0.1, 0.15) is 0 Å². The summed E-state index contributed by atoms with van der Waals surface area (Å²) in [4.78, 5) is 3.04. The van der Waals surface area contributed by atoms with Crippen molar-refractivity contribution in [1.29, 1.82) is 5.39 Å². The van der Waals surface area contributed by atoms with Crippen LogP contribution in [0.4, 0.5) is 0 Å². The fourth-order valence-electron chi connectivity index (χ4n) is 2.22. The number of hydrogen-bond acceptors (Lipinski definition) is 5. The van der Waals surface area contributed by atoms with Gasteiger partial charge in [-0.25, -0.2) is 0 Å². The van der Waals surface area contributed by atoms with E-state index in [1.165, 1.54) is 0 Å². The van der Waals surface area contributed by atoms with Gasteiger partial charge in [-0.15, -0.1) is 0 Å². The van der Waals surface area contributed by atoms with Crippen LogP contribution >= 0.6 is 0 Å². The van der Waals surface area contributed by atoms with Gasteiger partial charge in [0, 0.05) is 5.56 Å². The fraction of sp³-hybridized carbons (Fsp3) is 0.125. The summed E-state index contributed by atoms with van der Waals surface area (Å²) >= 11 is 0. The van der Waals surface area contributed by atoms with Crippen molar-refractivity contribution in [2.75, 3.05) is 6.79 Å². The molecule has 0 fully saturated rings. The quantitative estimate of drug-likeness (QED) is 0.671. The maximum Gasteiger partial charge on any atom is 0.435 e. The van der Waals surface area contributed by atoms with Crippen molar-refractivity contribution < 1.29 is 19.7 Å². The molecule has 2 aromatic carbocycles. The molecule has 3 rings (SSSR count). The number of fused-ring (bicyclic) bond motifs is 1. The summed E-state index contributed by atoms with van der Waals surface area (Å²) in [5, 5.41) is 29.8. The van der Waals surface area contributed by atoms with E-state index in [0.29, 0.717) is 22.6 Å². The molecule has 2 N–H and O–H groups in total. The molecular weight excluding hydrogens is 284 g/mol. The molecule has 0 saturated carbocycles. The molecule has 110 valence electrons. The molecule has 6 heteroatoms. The van der Waals surface area contributed by atoms with Gasteiger partial charge < -0.3 is 19.7 Å². The number of nitrogens with zero attached hydrogens (tertiary/aromatic N) is 2.